The van der Waals surface area contributed by atoms with Gasteiger partial charge in [0.25, 0.3) is 10.1 Å². The lowest BCUT2D eigenvalue weighted by atomic mass is 10.1. The number of rotatable bonds is 5. The molecule has 0 atom stereocenters. The minimum absolute atomic E-state index is 0. The van der Waals surface area contributed by atoms with E-state index in [0.29, 0.717) is 13.0 Å². The van der Waals surface area contributed by atoms with Gasteiger partial charge in [-0.25, -0.2) is 0 Å². The zero-order valence-electron chi connectivity index (χ0n) is 11.4. The summed E-state index contributed by atoms with van der Waals surface area (Å²) >= 11 is 0. The Balaban J connectivity index is 0.00000200. The zero-order chi connectivity index (χ0) is 13.9. The van der Waals surface area contributed by atoms with E-state index in [-0.39, 0.29) is 11.9 Å². The predicted octanol–water partition coefficient (Wildman–Crippen LogP) is 1.97. The van der Waals surface area contributed by atoms with E-state index in [0.717, 1.165) is 23.5 Å². The minimum Gasteiger partial charge on any atom is -0.497 e. The summed E-state index contributed by atoms with van der Waals surface area (Å²) in [6.07, 6.45) is 4.45. The third-order valence-corrected chi connectivity index (χ3v) is 3.83. The van der Waals surface area contributed by atoms with Gasteiger partial charge in [0.05, 0.1) is 12.9 Å². The number of nitrogens with zero attached hydrogens (tertiary/aromatic N) is 1. The molecule has 20 heavy (non-hydrogen) atoms. The molecule has 1 aliphatic heterocycles. The van der Waals surface area contributed by atoms with Crippen LogP contribution < -0.4 is 15.8 Å². The summed E-state index contributed by atoms with van der Waals surface area (Å²) < 4.78 is 35.3. The van der Waals surface area contributed by atoms with Gasteiger partial charge in [0.1, 0.15) is 5.75 Å². The molecule has 0 radical (unpaired) electrons. The van der Waals surface area contributed by atoms with Gasteiger partial charge in [-0.2, -0.15) is 8.42 Å². The highest BCUT2D eigenvalue weighted by Crippen LogP contribution is 2.29. The standard InChI is InChI=1S/C13H17NO4S.H3N/c1-18-12-5-6-13-11(10-12)4-2-7-14(13)8-3-9-19(15,16)17;/h2,4-6,10H,3,7-9H2,1H3,(H,15,16,17);1H3. The summed E-state index contributed by atoms with van der Waals surface area (Å²) in [6.45, 7) is 1.33. The molecule has 1 aromatic rings. The number of anilines is 1. The van der Waals surface area contributed by atoms with E-state index in [1.54, 1.807) is 7.11 Å². The molecule has 4 N–H and O–H groups in total. The fraction of sp³-hybridized carbons (Fsp3) is 0.385. The van der Waals surface area contributed by atoms with Crippen LogP contribution in [0.1, 0.15) is 12.0 Å². The first kappa shape index (κ1) is 16.5. The van der Waals surface area contributed by atoms with Gasteiger partial charge in [0.15, 0.2) is 0 Å². The Bertz CT molecular complexity index is 584. The van der Waals surface area contributed by atoms with Gasteiger partial charge in [-0.15, -0.1) is 0 Å². The normalized spacial score (nSPS) is 13.6. The van der Waals surface area contributed by atoms with E-state index in [9.17, 15) is 8.42 Å². The van der Waals surface area contributed by atoms with Crippen molar-refractivity contribution in [3.8, 4) is 5.75 Å². The third-order valence-electron chi connectivity index (χ3n) is 3.03. The predicted molar refractivity (Wildman–Crippen MR) is 80.3 cm³/mol. The number of fused-ring (bicyclic) bond motifs is 1. The molecule has 6 nitrogen and oxygen atoms in total. The quantitative estimate of drug-likeness (QED) is 0.806. The van der Waals surface area contributed by atoms with E-state index in [1.807, 2.05) is 30.4 Å². The second-order valence-electron chi connectivity index (χ2n) is 4.41. The highest BCUT2D eigenvalue weighted by atomic mass is 32.2. The SMILES string of the molecule is COc1ccc2c(c1)C=CCN2CCCS(=O)(=O)O.N. The smallest absolute Gasteiger partial charge is 0.264 e. The Morgan fingerprint density at radius 2 is 2.15 bits per heavy atom. The Morgan fingerprint density at radius 3 is 2.80 bits per heavy atom. The summed E-state index contributed by atoms with van der Waals surface area (Å²) in [4.78, 5) is 2.08. The maximum atomic E-state index is 10.7. The van der Waals surface area contributed by atoms with Crippen molar-refractivity contribution in [3.63, 3.8) is 0 Å². The minimum atomic E-state index is -3.88. The van der Waals surface area contributed by atoms with Crippen LogP contribution in [0.4, 0.5) is 5.69 Å². The van der Waals surface area contributed by atoms with Crippen molar-refractivity contribution in [1.29, 1.82) is 0 Å². The van der Waals surface area contributed by atoms with Gasteiger partial charge in [-0.3, -0.25) is 4.55 Å². The molecule has 0 aliphatic carbocycles. The van der Waals surface area contributed by atoms with Crippen LogP contribution in [0, 0.1) is 0 Å². The second kappa shape index (κ2) is 6.74. The molecule has 1 aliphatic rings. The third kappa shape index (κ3) is 4.22. The van der Waals surface area contributed by atoms with Gasteiger partial charge in [0.2, 0.25) is 0 Å². The van der Waals surface area contributed by atoms with Crippen LogP contribution in [0.25, 0.3) is 6.08 Å². The topological polar surface area (TPSA) is 102 Å². The zero-order valence-corrected chi connectivity index (χ0v) is 12.3. The molecule has 2 rings (SSSR count). The molecule has 0 bridgehead atoms. The summed E-state index contributed by atoms with van der Waals surface area (Å²) in [7, 11) is -2.25. The molecule has 0 saturated carbocycles. The summed E-state index contributed by atoms with van der Waals surface area (Å²) in [6, 6.07) is 5.79. The van der Waals surface area contributed by atoms with Crippen molar-refractivity contribution < 1.29 is 17.7 Å². The highest BCUT2D eigenvalue weighted by molar-refractivity contribution is 7.85. The lowest BCUT2D eigenvalue weighted by Gasteiger charge is -2.28. The van der Waals surface area contributed by atoms with Crippen LogP contribution in [-0.4, -0.2) is 38.9 Å². The summed E-state index contributed by atoms with van der Waals surface area (Å²) in [5.74, 6) is 0.585. The van der Waals surface area contributed by atoms with Gasteiger partial charge in [-0.05, 0) is 24.6 Å². The average Bonchev–Trinajstić information content (AvgIpc) is 2.37. The van der Waals surface area contributed by atoms with E-state index in [1.165, 1.54) is 0 Å². The molecule has 1 heterocycles. The van der Waals surface area contributed by atoms with Crippen LogP contribution in [-0.2, 0) is 10.1 Å². The fourth-order valence-corrected chi connectivity index (χ4v) is 2.63. The van der Waals surface area contributed by atoms with Gasteiger partial charge >= 0.3 is 0 Å². The van der Waals surface area contributed by atoms with Crippen LogP contribution >= 0.6 is 0 Å². The maximum absolute atomic E-state index is 10.7. The Morgan fingerprint density at radius 1 is 1.40 bits per heavy atom. The van der Waals surface area contributed by atoms with Gasteiger partial charge in [0, 0.05) is 24.3 Å². The van der Waals surface area contributed by atoms with Crippen molar-refractivity contribution in [2.45, 2.75) is 6.42 Å². The maximum Gasteiger partial charge on any atom is 0.264 e. The van der Waals surface area contributed by atoms with Crippen LogP contribution in [0.3, 0.4) is 0 Å². The summed E-state index contributed by atoms with van der Waals surface area (Å²) in [5, 5.41) is 0. The Labute approximate surface area is 119 Å². The Hall–Kier alpha value is -1.57. The monoisotopic (exact) mass is 300 g/mol. The number of benzene rings is 1. The van der Waals surface area contributed by atoms with Crippen molar-refractivity contribution in [2.75, 3.05) is 30.9 Å². The molecular weight excluding hydrogens is 280 g/mol. The van der Waals surface area contributed by atoms with Crippen molar-refractivity contribution in [1.82, 2.24) is 6.15 Å². The summed E-state index contributed by atoms with van der Waals surface area (Å²) in [5.41, 5.74) is 2.11. The second-order valence-corrected chi connectivity index (χ2v) is 5.98. The lowest BCUT2D eigenvalue weighted by molar-refractivity contribution is 0.414. The van der Waals surface area contributed by atoms with Crippen LogP contribution in [0.15, 0.2) is 24.3 Å². The van der Waals surface area contributed by atoms with Gasteiger partial charge in [-0.1, -0.05) is 12.2 Å². The highest BCUT2D eigenvalue weighted by Gasteiger charge is 2.14. The first-order chi connectivity index (χ1) is 8.99. The molecule has 1 aromatic carbocycles. The lowest BCUT2D eigenvalue weighted by Crippen LogP contribution is -2.28. The molecule has 0 amide bonds. The molecule has 112 valence electrons. The van der Waals surface area contributed by atoms with E-state index in [2.05, 4.69) is 4.90 Å². The van der Waals surface area contributed by atoms with E-state index >= 15 is 0 Å². The molecule has 7 heteroatoms. The van der Waals surface area contributed by atoms with Crippen molar-refractivity contribution in [2.24, 2.45) is 0 Å². The van der Waals surface area contributed by atoms with Crippen LogP contribution in [0.5, 0.6) is 5.75 Å². The average molecular weight is 300 g/mol. The number of hydrogen-bond acceptors (Lipinski definition) is 5. The molecular formula is C13H20N2O4S. The fourth-order valence-electron chi connectivity index (χ4n) is 2.14. The number of ether oxygens (including phenoxy) is 1. The van der Waals surface area contributed by atoms with E-state index < -0.39 is 10.1 Å². The molecule has 0 saturated heterocycles. The first-order valence-corrected chi connectivity index (χ1v) is 7.65. The molecule has 0 unspecified atom stereocenters. The number of hydrogen-bond donors (Lipinski definition) is 2. The van der Waals surface area contributed by atoms with Crippen LogP contribution in [0.2, 0.25) is 0 Å². The van der Waals surface area contributed by atoms with Gasteiger partial charge < -0.3 is 15.8 Å². The first-order valence-electron chi connectivity index (χ1n) is 6.04. The van der Waals surface area contributed by atoms with Crippen molar-refractivity contribution in [3.05, 3.63) is 29.8 Å². The molecule has 0 spiro atoms. The Kier molecular flexibility index (Phi) is 5.55. The molecule has 0 fully saturated rings. The molecule has 0 aromatic heterocycles. The van der Waals surface area contributed by atoms with Crippen molar-refractivity contribution >= 4 is 21.9 Å². The van der Waals surface area contributed by atoms with E-state index in [4.69, 9.17) is 9.29 Å². The largest absolute Gasteiger partial charge is 0.497 e. The number of methoxy groups -OCH3 is 1.